The summed E-state index contributed by atoms with van der Waals surface area (Å²) in [6, 6.07) is 6.04. The molecule has 0 spiro atoms. The Balaban J connectivity index is 1.63. The van der Waals surface area contributed by atoms with Crippen LogP contribution in [0.5, 0.6) is 0 Å². The van der Waals surface area contributed by atoms with E-state index in [4.69, 9.17) is 0 Å². The zero-order valence-electron chi connectivity index (χ0n) is 14.3. The van der Waals surface area contributed by atoms with Crippen LogP contribution < -0.4 is 5.32 Å². The van der Waals surface area contributed by atoms with E-state index in [0.717, 1.165) is 35.1 Å². The molecule has 1 fully saturated rings. The summed E-state index contributed by atoms with van der Waals surface area (Å²) in [4.78, 5) is 21.4. The van der Waals surface area contributed by atoms with Gasteiger partial charge in [-0.05, 0) is 37.5 Å². The molecular formula is C19H21N5O. The molecule has 0 radical (unpaired) electrons. The van der Waals surface area contributed by atoms with E-state index >= 15 is 0 Å². The minimum atomic E-state index is -0.106. The van der Waals surface area contributed by atoms with Gasteiger partial charge in [-0.2, -0.15) is 5.10 Å². The zero-order chi connectivity index (χ0) is 17.2. The Labute approximate surface area is 146 Å². The average molecular weight is 335 g/mol. The van der Waals surface area contributed by atoms with E-state index in [1.165, 1.54) is 12.8 Å². The number of carbonyl (C=O) groups excluding carboxylic acids is 1. The van der Waals surface area contributed by atoms with Crippen LogP contribution in [0.2, 0.25) is 0 Å². The van der Waals surface area contributed by atoms with Crippen LogP contribution in [-0.4, -0.2) is 25.7 Å². The quantitative estimate of drug-likeness (QED) is 0.795. The molecule has 6 nitrogen and oxygen atoms in total. The summed E-state index contributed by atoms with van der Waals surface area (Å²) < 4.78 is 2.01. The molecule has 3 heterocycles. The molecule has 1 amide bonds. The van der Waals surface area contributed by atoms with Gasteiger partial charge in [0.25, 0.3) is 5.91 Å². The van der Waals surface area contributed by atoms with Gasteiger partial charge in [-0.3, -0.25) is 9.78 Å². The highest BCUT2D eigenvalue weighted by Crippen LogP contribution is 2.31. The molecule has 3 aromatic rings. The van der Waals surface area contributed by atoms with E-state index in [1.807, 2.05) is 29.8 Å². The Bertz CT molecular complexity index is 897. The molecule has 0 atom stereocenters. The van der Waals surface area contributed by atoms with E-state index in [-0.39, 0.29) is 5.91 Å². The number of fused-ring (bicyclic) bond motifs is 1. The fourth-order valence-electron chi connectivity index (χ4n) is 3.53. The van der Waals surface area contributed by atoms with Gasteiger partial charge in [0.1, 0.15) is 0 Å². The lowest BCUT2D eigenvalue weighted by Gasteiger charge is -2.12. The lowest BCUT2D eigenvalue weighted by molar-refractivity contribution is 0.0952. The van der Waals surface area contributed by atoms with Crippen LogP contribution in [0.15, 0.2) is 36.8 Å². The number of aryl methyl sites for hydroxylation is 1. The fourth-order valence-corrected chi connectivity index (χ4v) is 3.53. The Kier molecular flexibility index (Phi) is 4.17. The first-order valence-electron chi connectivity index (χ1n) is 8.74. The lowest BCUT2D eigenvalue weighted by Crippen LogP contribution is -2.23. The van der Waals surface area contributed by atoms with Crippen LogP contribution in [0.1, 0.15) is 53.3 Å². The second-order valence-corrected chi connectivity index (χ2v) is 6.62. The van der Waals surface area contributed by atoms with Gasteiger partial charge in [0.05, 0.1) is 23.2 Å². The van der Waals surface area contributed by atoms with Crippen molar-refractivity contribution in [2.24, 2.45) is 0 Å². The first-order valence-corrected chi connectivity index (χ1v) is 8.74. The van der Waals surface area contributed by atoms with Gasteiger partial charge in [-0.15, -0.1) is 0 Å². The van der Waals surface area contributed by atoms with Crippen molar-refractivity contribution in [3.63, 3.8) is 0 Å². The maximum Gasteiger partial charge on any atom is 0.252 e. The number of hydrogen-bond acceptors (Lipinski definition) is 4. The summed E-state index contributed by atoms with van der Waals surface area (Å²) in [7, 11) is 0. The number of nitrogens with zero attached hydrogens (tertiary/aromatic N) is 4. The third-order valence-electron chi connectivity index (χ3n) is 4.79. The molecule has 0 aliphatic heterocycles. The van der Waals surface area contributed by atoms with Crippen molar-refractivity contribution in [2.75, 3.05) is 0 Å². The molecule has 128 valence electrons. The molecule has 0 unspecified atom stereocenters. The van der Waals surface area contributed by atoms with E-state index in [1.54, 1.807) is 18.6 Å². The maximum absolute atomic E-state index is 12.7. The van der Waals surface area contributed by atoms with Crippen molar-refractivity contribution < 1.29 is 4.79 Å². The summed E-state index contributed by atoms with van der Waals surface area (Å²) >= 11 is 0. The average Bonchev–Trinajstić information content (AvgIpc) is 3.29. The SMILES string of the molecule is Cc1cc(C(=O)NCc2cccnc2)c2cnn(C3CCCC3)c2n1. The smallest absolute Gasteiger partial charge is 0.252 e. The van der Waals surface area contributed by atoms with Crippen molar-refractivity contribution in [3.05, 3.63) is 53.6 Å². The van der Waals surface area contributed by atoms with Crippen molar-refractivity contribution in [3.8, 4) is 0 Å². The highest BCUT2D eigenvalue weighted by atomic mass is 16.1. The standard InChI is InChI=1S/C19H21N5O/c1-13-9-16(19(25)21-11-14-5-4-8-20-10-14)17-12-22-24(18(17)23-13)15-6-2-3-7-15/h4-5,8-10,12,15H,2-3,6-7,11H2,1H3,(H,21,25). The number of amides is 1. The molecule has 0 bridgehead atoms. The zero-order valence-corrected chi connectivity index (χ0v) is 14.3. The Morgan fingerprint density at radius 1 is 1.32 bits per heavy atom. The third-order valence-corrected chi connectivity index (χ3v) is 4.79. The van der Waals surface area contributed by atoms with Gasteiger partial charge in [0, 0.05) is 24.6 Å². The highest BCUT2D eigenvalue weighted by molar-refractivity contribution is 6.05. The Hall–Kier alpha value is -2.76. The first kappa shape index (κ1) is 15.7. The van der Waals surface area contributed by atoms with Crippen LogP contribution in [0.3, 0.4) is 0 Å². The molecule has 1 saturated carbocycles. The molecule has 1 aliphatic rings. The molecule has 0 aromatic carbocycles. The highest BCUT2D eigenvalue weighted by Gasteiger charge is 2.22. The summed E-state index contributed by atoms with van der Waals surface area (Å²) in [5, 5.41) is 8.33. The minimum absolute atomic E-state index is 0.106. The second kappa shape index (κ2) is 6.63. The predicted octanol–water partition coefficient (Wildman–Crippen LogP) is 3.18. The molecule has 0 saturated heterocycles. The number of pyridine rings is 2. The van der Waals surface area contributed by atoms with Crippen LogP contribution in [-0.2, 0) is 6.54 Å². The van der Waals surface area contributed by atoms with Crippen LogP contribution >= 0.6 is 0 Å². The van der Waals surface area contributed by atoms with Gasteiger partial charge >= 0.3 is 0 Å². The molecule has 1 N–H and O–H groups in total. The van der Waals surface area contributed by atoms with Crippen molar-refractivity contribution >= 4 is 16.9 Å². The van der Waals surface area contributed by atoms with Crippen LogP contribution in [0.4, 0.5) is 0 Å². The summed E-state index contributed by atoms with van der Waals surface area (Å²) in [5.74, 6) is -0.106. The van der Waals surface area contributed by atoms with Gasteiger partial charge in [-0.25, -0.2) is 9.67 Å². The number of carbonyl (C=O) groups is 1. The van der Waals surface area contributed by atoms with Gasteiger partial charge < -0.3 is 5.32 Å². The maximum atomic E-state index is 12.7. The fraction of sp³-hybridized carbons (Fsp3) is 0.368. The predicted molar refractivity (Wildman–Crippen MR) is 95.2 cm³/mol. The van der Waals surface area contributed by atoms with E-state index in [2.05, 4.69) is 20.4 Å². The lowest BCUT2D eigenvalue weighted by atomic mass is 10.1. The van der Waals surface area contributed by atoms with Crippen molar-refractivity contribution in [1.82, 2.24) is 25.1 Å². The largest absolute Gasteiger partial charge is 0.348 e. The topological polar surface area (TPSA) is 72.7 Å². The molecule has 25 heavy (non-hydrogen) atoms. The summed E-state index contributed by atoms with van der Waals surface area (Å²) in [6.07, 6.45) is 9.99. The van der Waals surface area contributed by atoms with Crippen molar-refractivity contribution in [2.45, 2.75) is 45.2 Å². The summed E-state index contributed by atoms with van der Waals surface area (Å²) in [5.41, 5.74) is 3.26. The molecular weight excluding hydrogens is 314 g/mol. The number of nitrogens with one attached hydrogen (secondary N) is 1. The van der Waals surface area contributed by atoms with E-state index < -0.39 is 0 Å². The molecule has 6 heteroatoms. The first-order chi connectivity index (χ1) is 12.2. The molecule has 3 aromatic heterocycles. The monoisotopic (exact) mass is 335 g/mol. The van der Waals surface area contributed by atoms with Gasteiger partial charge in [-0.1, -0.05) is 18.9 Å². The van der Waals surface area contributed by atoms with Crippen LogP contribution in [0.25, 0.3) is 11.0 Å². The van der Waals surface area contributed by atoms with E-state index in [9.17, 15) is 4.79 Å². The minimum Gasteiger partial charge on any atom is -0.348 e. The summed E-state index contributed by atoms with van der Waals surface area (Å²) in [6.45, 7) is 2.37. The number of hydrogen-bond donors (Lipinski definition) is 1. The molecule has 1 aliphatic carbocycles. The van der Waals surface area contributed by atoms with Gasteiger partial charge in [0.15, 0.2) is 5.65 Å². The van der Waals surface area contributed by atoms with E-state index in [0.29, 0.717) is 18.2 Å². The normalized spacial score (nSPS) is 14.9. The third kappa shape index (κ3) is 3.12. The second-order valence-electron chi connectivity index (χ2n) is 6.62. The Morgan fingerprint density at radius 3 is 2.92 bits per heavy atom. The molecule has 4 rings (SSSR count). The van der Waals surface area contributed by atoms with Crippen LogP contribution in [0, 0.1) is 6.92 Å². The number of rotatable bonds is 4. The van der Waals surface area contributed by atoms with Gasteiger partial charge in [0.2, 0.25) is 0 Å². The Morgan fingerprint density at radius 2 is 2.16 bits per heavy atom. The van der Waals surface area contributed by atoms with Crippen molar-refractivity contribution in [1.29, 1.82) is 0 Å². The number of aromatic nitrogens is 4.